The Morgan fingerprint density at radius 1 is 1.23 bits per heavy atom. The zero-order valence-corrected chi connectivity index (χ0v) is 8.67. The van der Waals surface area contributed by atoms with E-state index in [2.05, 4.69) is 29.3 Å². The highest BCUT2D eigenvalue weighted by atomic mass is 14.7. The van der Waals surface area contributed by atoms with Gasteiger partial charge in [0.15, 0.2) is 0 Å². The molecule has 0 saturated carbocycles. The molecule has 0 atom stereocenters. The average Bonchev–Trinajstić information content (AvgIpc) is 2.21. The molecule has 1 aromatic heterocycles. The maximum Gasteiger partial charge on any atom is 0.0482 e. The van der Waals surface area contributed by atoms with Crippen LogP contribution in [0.3, 0.4) is 0 Å². The van der Waals surface area contributed by atoms with Crippen LogP contribution >= 0.6 is 0 Å². The summed E-state index contributed by atoms with van der Waals surface area (Å²) >= 11 is 0. The molecule has 1 heterocycles. The number of rotatable bonds is 0. The first kappa shape index (κ1) is 9.97. The van der Waals surface area contributed by atoms with E-state index in [0.717, 1.165) is 18.5 Å². The van der Waals surface area contributed by atoms with Crippen molar-refractivity contribution in [3.63, 3.8) is 0 Å². The standard InChI is InChI=1S/C10H11N.C2H6/c1-8-6-7-9-4-2-3-5-10(9)11-8;1-2/h2,4,6-7H,3,5H2,1H3;1-2H3. The van der Waals surface area contributed by atoms with Crippen molar-refractivity contribution in [3.8, 4) is 0 Å². The molecule has 0 bridgehead atoms. The Morgan fingerprint density at radius 3 is 2.77 bits per heavy atom. The van der Waals surface area contributed by atoms with Gasteiger partial charge in [-0.15, -0.1) is 0 Å². The number of pyridine rings is 1. The summed E-state index contributed by atoms with van der Waals surface area (Å²) in [5, 5.41) is 0. The predicted molar refractivity (Wildman–Crippen MR) is 57.7 cm³/mol. The Kier molecular flexibility index (Phi) is 3.69. The quantitative estimate of drug-likeness (QED) is 0.589. The lowest BCUT2D eigenvalue weighted by Gasteiger charge is -2.08. The first-order valence-corrected chi connectivity index (χ1v) is 4.99. The molecule has 1 aliphatic rings. The van der Waals surface area contributed by atoms with Gasteiger partial charge in [0.1, 0.15) is 0 Å². The Balaban J connectivity index is 0.000000396. The van der Waals surface area contributed by atoms with Gasteiger partial charge in [0, 0.05) is 11.4 Å². The predicted octanol–water partition coefficient (Wildman–Crippen LogP) is 3.38. The summed E-state index contributed by atoms with van der Waals surface area (Å²) in [5.41, 5.74) is 3.67. The fraction of sp³-hybridized carbons (Fsp3) is 0.417. The van der Waals surface area contributed by atoms with Gasteiger partial charge >= 0.3 is 0 Å². The molecule has 1 aliphatic carbocycles. The molecule has 0 radical (unpaired) electrons. The van der Waals surface area contributed by atoms with Crippen LogP contribution in [0.5, 0.6) is 0 Å². The SMILES string of the molecule is CC.Cc1ccc2c(n1)CCC=C2. The molecule has 0 unspecified atom stereocenters. The van der Waals surface area contributed by atoms with E-state index in [9.17, 15) is 0 Å². The van der Waals surface area contributed by atoms with Crippen LogP contribution in [0.1, 0.15) is 37.2 Å². The number of allylic oxidation sites excluding steroid dienone is 1. The highest BCUT2D eigenvalue weighted by Gasteiger charge is 2.04. The number of fused-ring (bicyclic) bond motifs is 1. The van der Waals surface area contributed by atoms with Crippen LogP contribution < -0.4 is 0 Å². The summed E-state index contributed by atoms with van der Waals surface area (Å²) in [6.07, 6.45) is 6.61. The number of aromatic nitrogens is 1. The minimum absolute atomic E-state index is 1.10. The van der Waals surface area contributed by atoms with E-state index in [0.29, 0.717) is 0 Å². The summed E-state index contributed by atoms with van der Waals surface area (Å²) in [6, 6.07) is 4.21. The summed E-state index contributed by atoms with van der Waals surface area (Å²) < 4.78 is 0. The highest BCUT2D eigenvalue weighted by Crippen LogP contribution is 2.16. The zero-order valence-electron chi connectivity index (χ0n) is 8.67. The molecular formula is C12H17N. The van der Waals surface area contributed by atoms with E-state index in [1.807, 2.05) is 20.8 Å². The highest BCUT2D eigenvalue weighted by molar-refractivity contribution is 5.54. The van der Waals surface area contributed by atoms with Crippen LogP contribution in [0.25, 0.3) is 6.08 Å². The summed E-state index contributed by atoms with van der Waals surface area (Å²) in [5.74, 6) is 0. The van der Waals surface area contributed by atoms with Crippen LogP contribution in [-0.2, 0) is 6.42 Å². The Labute approximate surface area is 80.5 Å². The maximum absolute atomic E-state index is 4.46. The minimum Gasteiger partial charge on any atom is -0.258 e. The second kappa shape index (κ2) is 4.80. The topological polar surface area (TPSA) is 12.9 Å². The van der Waals surface area contributed by atoms with Gasteiger partial charge in [-0.3, -0.25) is 4.98 Å². The lowest BCUT2D eigenvalue weighted by molar-refractivity contribution is 0.913. The van der Waals surface area contributed by atoms with Crippen molar-refractivity contribution in [2.75, 3.05) is 0 Å². The van der Waals surface area contributed by atoms with Crippen LogP contribution in [0.2, 0.25) is 0 Å². The van der Waals surface area contributed by atoms with E-state index in [1.165, 1.54) is 11.3 Å². The summed E-state index contributed by atoms with van der Waals surface area (Å²) in [7, 11) is 0. The molecule has 0 aliphatic heterocycles. The second-order valence-electron chi connectivity index (χ2n) is 2.93. The van der Waals surface area contributed by atoms with E-state index >= 15 is 0 Å². The van der Waals surface area contributed by atoms with Gasteiger partial charge in [0.05, 0.1) is 0 Å². The van der Waals surface area contributed by atoms with Crippen molar-refractivity contribution in [1.29, 1.82) is 0 Å². The van der Waals surface area contributed by atoms with E-state index in [1.54, 1.807) is 0 Å². The first-order chi connectivity index (χ1) is 6.36. The average molecular weight is 175 g/mol. The number of hydrogen-bond donors (Lipinski definition) is 0. The molecule has 0 spiro atoms. The Hall–Kier alpha value is -1.11. The Morgan fingerprint density at radius 2 is 2.00 bits per heavy atom. The molecule has 1 heteroatoms. The first-order valence-electron chi connectivity index (χ1n) is 4.99. The minimum atomic E-state index is 1.10. The van der Waals surface area contributed by atoms with E-state index in [4.69, 9.17) is 0 Å². The molecule has 0 amide bonds. The largest absolute Gasteiger partial charge is 0.258 e. The van der Waals surface area contributed by atoms with E-state index in [-0.39, 0.29) is 0 Å². The maximum atomic E-state index is 4.46. The van der Waals surface area contributed by atoms with E-state index < -0.39 is 0 Å². The molecule has 13 heavy (non-hydrogen) atoms. The second-order valence-corrected chi connectivity index (χ2v) is 2.93. The molecule has 70 valence electrons. The lowest BCUT2D eigenvalue weighted by atomic mass is 10.0. The van der Waals surface area contributed by atoms with Gasteiger partial charge in [-0.2, -0.15) is 0 Å². The Bertz CT molecular complexity index is 300. The van der Waals surface area contributed by atoms with Crippen molar-refractivity contribution in [2.45, 2.75) is 33.6 Å². The van der Waals surface area contributed by atoms with Crippen molar-refractivity contribution in [2.24, 2.45) is 0 Å². The molecule has 0 N–H and O–H groups in total. The normalized spacial score (nSPS) is 12.8. The monoisotopic (exact) mass is 175 g/mol. The fourth-order valence-corrected chi connectivity index (χ4v) is 1.40. The molecule has 0 aromatic carbocycles. The van der Waals surface area contributed by atoms with Crippen molar-refractivity contribution >= 4 is 6.08 Å². The number of nitrogens with zero attached hydrogens (tertiary/aromatic N) is 1. The van der Waals surface area contributed by atoms with Crippen molar-refractivity contribution in [3.05, 3.63) is 35.2 Å². The molecule has 2 rings (SSSR count). The van der Waals surface area contributed by atoms with Gasteiger partial charge in [0.25, 0.3) is 0 Å². The number of aryl methyl sites for hydroxylation is 2. The van der Waals surface area contributed by atoms with Crippen molar-refractivity contribution < 1.29 is 0 Å². The van der Waals surface area contributed by atoms with Crippen LogP contribution in [0.4, 0.5) is 0 Å². The zero-order chi connectivity index (χ0) is 9.68. The molecular weight excluding hydrogens is 158 g/mol. The van der Waals surface area contributed by atoms with Crippen molar-refractivity contribution in [1.82, 2.24) is 4.98 Å². The van der Waals surface area contributed by atoms with Gasteiger partial charge in [0.2, 0.25) is 0 Å². The summed E-state index contributed by atoms with van der Waals surface area (Å²) in [4.78, 5) is 4.46. The number of hydrogen-bond acceptors (Lipinski definition) is 1. The van der Waals surface area contributed by atoms with Crippen LogP contribution in [0, 0.1) is 6.92 Å². The third kappa shape index (κ3) is 2.41. The molecule has 1 nitrogen and oxygen atoms in total. The van der Waals surface area contributed by atoms with Crippen LogP contribution in [0.15, 0.2) is 18.2 Å². The fourth-order valence-electron chi connectivity index (χ4n) is 1.40. The van der Waals surface area contributed by atoms with Gasteiger partial charge in [-0.25, -0.2) is 0 Å². The smallest absolute Gasteiger partial charge is 0.0482 e. The third-order valence-electron chi connectivity index (χ3n) is 1.99. The third-order valence-corrected chi connectivity index (χ3v) is 1.99. The van der Waals surface area contributed by atoms with Gasteiger partial charge in [-0.1, -0.05) is 32.1 Å². The summed E-state index contributed by atoms with van der Waals surface area (Å²) in [6.45, 7) is 6.04. The molecule has 0 fully saturated rings. The molecule has 1 aromatic rings. The van der Waals surface area contributed by atoms with Crippen LogP contribution in [-0.4, -0.2) is 4.98 Å². The van der Waals surface area contributed by atoms with Gasteiger partial charge in [-0.05, 0) is 31.4 Å². The van der Waals surface area contributed by atoms with Gasteiger partial charge < -0.3 is 0 Å². The molecule has 0 saturated heterocycles. The lowest BCUT2D eigenvalue weighted by Crippen LogP contribution is -1.98.